The van der Waals surface area contributed by atoms with Crippen LogP contribution in [0.1, 0.15) is 20.8 Å². The summed E-state index contributed by atoms with van der Waals surface area (Å²) in [4.78, 5) is 27.3. The molecule has 0 spiro atoms. The molecule has 1 fully saturated rings. The van der Waals surface area contributed by atoms with Gasteiger partial charge in [-0.25, -0.2) is 9.18 Å². The molecule has 0 atom stereocenters. The van der Waals surface area contributed by atoms with Crippen molar-refractivity contribution < 1.29 is 13.9 Å². The number of aromatic nitrogens is 1. The first-order valence-corrected chi connectivity index (χ1v) is 7.27. The second-order valence-electron chi connectivity index (χ2n) is 6.38. The zero-order chi connectivity index (χ0) is 16.5. The number of aryl methyl sites for hydroxylation is 1. The molecule has 1 aromatic rings. The number of halogens is 1. The molecule has 1 saturated heterocycles. The molecule has 22 heavy (non-hydrogen) atoms. The molecule has 0 saturated carbocycles. The van der Waals surface area contributed by atoms with Gasteiger partial charge in [0.2, 0.25) is 0 Å². The van der Waals surface area contributed by atoms with E-state index in [4.69, 9.17) is 4.74 Å². The van der Waals surface area contributed by atoms with Crippen LogP contribution in [-0.2, 0) is 11.8 Å². The summed E-state index contributed by atoms with van der Waals surface area (Å²) in [5, 5.41) is 0. The Bertz CT molecular complexity index is 613. The van der Waals surface area contributed by atoms with Gasteiger partial charge in [0, 0.05) is 39.4 Å². The number of amides is 1. The third-order valence-electron chi connectivity index (χ3n) is 3.44. The van der Waals surface area contributed by atoms with Crippen LogP contribution in [0.5, 0.6) is 0 Å². The summed E-state index contributed by atoms with van der Waals surface area (Å²) in [6.07, 6.45) is 1.02. The smallest absolute Gasteiger partial charge is 0.410 e. The Hall–Kier alpha value is -2.05. The molecular formula is C15H22FN3O3. The summed E-state index contributed by atoms with van der Waals surface area (Å²) in [6.45, 7) is 7.02. The van der Waals surface area contributed by atoms with Crippen molar-refractivity contribution in [1.29, 1.82) is 0 Å². The summed E-state index contributed by atoms with van der Waals surface area (Å²) in [5.41, 5.74) is -0.852. The maximum atomic E-state index is 13.9. The Balaban J connectivity index is 2.06. The van der Waals surface area contributed by atoms with Gasteiger partial charge in [0.15, 0.2) is 5.82 Å². The summed E-state index contributed by atoms with van der Waals surface area (Å²) in [5.74, 6) is -0.534. The lowest BCUT2D eigenvalue weighted by molar-refractivity contribution is 0.0240. The van der Waals surface area contributed by atoms with Gasteiger partial charge in [-0.3, -0.25) is 4.79 Å². The maximum absolute atomic E-state index is 13.9. The second-order valence-corrected chi connectivity index (χ2v) is 6.38. The Morgan fingerprint density at radius 1 is 1.23 bits per heavy atom. The standard InChI is InChI=1S/C15H22FN3O3/c1-15(2,3)22-14(21)19-9-7-18(8-10-19)12-11(16)5-6-17(4)13(12)20/h5-6H,7-10H2,1-4H3. The van der Waals surface area contributed by atoms with E-state index in [0.29, 0.717) is 26.2 Å². The van der Waals surface area contributed by atoms with Gasteiger partial charge in [-0.1, -0.05) is 0 Å². The molecule has 2 rings (SSSR count). The number of anilines is 1. The van der Waals surface area contributed by atoms with Crippen molar-refractivity contribution in [2.75, 3.05) is 31.1 Å². The highest BCUT2D eigenvalue weighted by Crippen LogP contribution is 2.17. The first-order chi connectivity index (χ1) is 10.2. The van der Waals surface area contributed by atoms with Crippen LogP contribution in [0.15, 0.2) is 17.1 Å². The lowest BCUT2D eigenvalue weighted by atomic mass is 10.2. The number of hydrogen-bond donors (Lipinski definition) is 0. The second kappa shape index (κ2) is 5.98. The SMILES string of the molecule is Cn1ccc(F)c(N2CCN(C(=O)OC(C)(C)C)CC2)c1=O. The third-order valence-corrected chi connectivity index (χ3v) is 3.44. The molecular weight excluding hydrogens is 289 g/mol. The Labute approximate surface area is 129 Å². The summed E-state index contributed by atoms with van der Waals surface area (Å²) in [7, 11) is 1.59. The van der Waals surface area contributed by atoms with E-state index < -0.39 is 11.4 Å². The molecule has 6 nitrogen and oxygen atoms in total. The molecule has 1 aliphatic rings. The predicted molar refractivity (Wildman–Crippen MR) is 81.7 cm³/mol. The van der Waals surface area contributed by atoms with Crippen LogP contribution < -0.4 is 10.5 Å². The molecule has 1 aromatic heterocycles. The molecule has 0 aliphatic carbocycles. The Morgan fingerprint density at radius 3 is 2.36 bits per heavy atom. The van der Waals surface area contributed by atoms with Crippen molar-refractivity contribution >= 4 is 11.8 Å². The van der Waals surface area contributed by atoms with Gasteiger partial charge in [0.25, 0.3) is 5.56 Å². The van der Waals surface area contributed by atoms with Crippen LogP contribution in [0, 0.1) is 5.82 Å². The molecule has 1 aliphatic heterocycles. The monoisotopic (exact) mass is 311 g/mol. The zero-order valence-electron chi connectivity index (χ0n) is 13.4. The summed E-state index contributed by atoms with van der Waals surface area (Å²) >= 11 is 0. The number of piperazine rings is 1. The van der Waals surface area contributed by atoms with Gasteiger partial charge in [0.1, 0.15) is 11.3 Å². The van der Waals surface area contributed by atoms with Crippen LogP contribution in [0.25, 0.3) is 0 Å². The zero-order valence-corrected chi connectivity index (χ0v) is 13.4. The van der Waals surface area contributed by atoms with Crippen LogP contribution >= 0.6 is 0 Å². The number of rotatable bonds is 1. The average Bonchev–Trinajstić information content (AvgIpc) is 2.42. The highest BCUT2D eigenvalue weighted by atomic mass is 19.1. The third kappa shape index (κ3) is 3.58. The van der Waals surface area contributed by atoms with Crippen molar-refractivity contribution in [3.63, 3.8) is 0 Å². The molecule has 0 N–H and O–H groups in total. The highest BCUT2D eigenvalue weighted by Gasteiger charge is 2.27. The van der Waals surface area contributed by atoms with Gasteiger partial charge in [-0.05, 0) is 26.8 Å². The minimum absolute atomic E-state index is 0.0637. The number of nitrogens with zero attached hydrogens (tertiary/aromatic N) is 3. The van der Waals surface area contributed by atoms with Gasteiger partial charge >= 0.3 is 6.09 Å². The van der Waals surface area contributed by atoms with E-state index in [1.165, 1.54) is 16.8 Å². The molecule has 0 unspecified atom stereocenters. The molecule has 7 heteroatoms. The highest BCUT2D eigenvalue weighted by molar-refractivity contribution is 5.68. The topological polar surface area (TPSA) is 54.8 Å². The fraction of sp³-hybridized carbons (Fsp3) is 0.600. The van der Waals surface area contributed by atoms with E-state index in [0.717, 1.165) is 0 Å². The quantitative estimate of drug-likeness (QED) is 0.790. The fourth-order valence-corrected chi connectivity index (χ4v) is 2.32. The van der Waals surface area contributed by atoms with E-state index in [9.17, 15) is 14.0 Å². The number of carbonyl (C=O) groups is 1. The van der Waals surface area contributed by atoms with E-state index >= 15 is 0 Å². The fourth-order valence-electron chi connectivity index (χ4n) is 2.32. The first-order valence-electron chi connectivity index (χ1n) is 7.27. The average molecular weight is 311 g/mol. The van der Waals surface area contributed by atoms with Crippen molar-refractivity contribution in [3.05, 3.63) is 28.4 Å². The lowest BCUT2D eigenvalue weighted by Crippen LogP contribution is -2.51. The molecule has 122 valence electrons. The Morgan fingerprint density at radius 2 is 1.82 bits per heavy atom. The number of ether oxygens (including phenoxy) is 1. The largest absolute Gasteiger partial charge is 0.444 e. The molecule has 2 heterocycles. The number of hydrogen-bond acceptors (Lipinski definition) is 4. The van der Waals surface area contributed by atoms with E-state index in [1.54, 1.807) is 16.8 Å². The van der Waals surface area contributed by atoms with E-state index in [1.807, 2.05) is 20.8 Å². The van der Waals surface area contributed by atoms with Crippen molar-refractivity contribution in [2.24, 2.45) is 7.05 Å². The van der Waals surface area contributed by atoms with Crippen LogP contribution in [0.4, 0.5) is 14.9 Å². The molecule has 0 aromatic carbocycles. The van der Waals surface area contributed by atoms with Gasteiger partial charge in [-0.2, -0.15) is 0 Å². The van der Waals surface area contributed by atoms with Gasteiger partial charge in [-0.15, -0.1) is 0 Å². The molecule has 0 bridgehead atoms. The van der Waals surface area contributed by atoms with Crippen molar-refractivity contribution in [1.82, 2.24) is 9.47 Å². The van der Waals surface area contributed by atoms with Crippen LogP contribution in [0.3, 0.4) is 0 Å². The van der Waals surface area contributed by atoms with Gasteiger partial charge in [0.05, 0.1) is 0 Å². The normalized spacial score (nSPS) is 15.9. The lowest BCUT2D eigenvalue weighted by Gasteiger charge is -2.36. The molecule has 1 amide bonds. The minimum Gasteiger partial charge on any atom is -0.444 e. The summed E-state index contributed by atoms with van der Waals surface area (Å²) < 4.78 is 20.6. The van der Waals surface area contributed by atoms with Crippen LogP contribution in [0.2, 0.25) is 0 Å². The molecule has 0 radical (unpaired) electrons. The van der Waals surface area contributed by atoms with E-state index in [2.05, 4.69) is 0 Å². The number of pyridine rings is 1. The maximum Gasteiger partial charge on any atom is 0.410 e. The number of carbonyl (C=O) groups excluding carboxylic acids is 1. The van der Waals surface area contributed by atoms with Crippen molar-refractivity contribution in [2.45, 2.75) is 26.4 Å². The predicted octanol–water partition coefficient (Wildman–Crippen LogP) is 1.58. The van der Waals surface area contributed by atoms with E-state index in [-0.39, 0.29) is 17.3 Å². The summed E-state index contributed by atoms with van der Waals surface area (Å²) in [6, 6.07) is 1.27. The Kier molecular flexibility index (Phi) is 4.44. The van der Waals surface area contributed by atoms with Gasteiger partial charge < -0.3 is 19.1 Å². The van der Waals surface area contributed by atoms with Crippen molar-refractivity contribution in [3.8, 4) is 0 Å². The minimum atomic E-state index is -0.546. The van der Waals surface area contributed by atoms with Crippen LogP contribution in [-0.4, -0.2) is 47.3 Å². The first kappa shape index (κ1) is 16.3.